The summed E-state index contributed by atoms with van der Waals surface area (Å²) in [4.78, 5) is 17.0. The third-order valence-corrected chi connectivity index (χ3v) is 3.98. The van der Waals surface area contributed by atoms with Crippen LogP contribution >= 0.6 is 11.3 Å². The summed E-state index contributed by atoms with van der Waals surface area (Å²) in [5.74, 6) is 0.335. The van der Waals surface area contributed by atoms with Gasteiger partial charge in [0.1, 0.15) is 10.6 Å². The van der Waals surface area contributed by atoms with E-state index in [4.69, 9.17) is 5.73 Å². The highest BCUT2D eigenvalue weighted by atomic mass is 32.1. The first-order valence-electron chi connectivity index (χ1n) is 6.16. The number of carbonyl (C=O) groups excluding carboxylic acids is 1. The zero-order valence-corrected chi connectivity index (χ0v) is 11.7. The second-order valence-corrected chi connectivity index (χ2v) is 5.59. The van der Waals surface area contributed by atoms with Gasteiger partial charge >= 0.3 is 0 Å². The normalized spacial score (nSPS) is 10.7. The van der Waals surface area contributed by atoms with Crippen LogP contribution in [0, 0.1) is 6.92 Å². The molecule has 3 rings (SSSR count). The molecule has 2 aromatic heterocycles. The summed E-state index contributed by atoms with van der Waals surface area (Å²) in [5, 5.41) is 4.18. The van der Waals surface area contributed by atoms with Crippen molar-refractivity contribution in [1.29, 1.82) is 0 Å². The van der Waals surface area contributed by atoms with Gasteiger partial charge in [0.25, 0.3) is 5.91 Å². The number of hydrogen-bond donors (Lipinski definition) is 2. The summed E-state index contributed by atoms with van der Waals surface area (Å²) in [6.07, 6.45) is 0. The van der Waals surface area contributed by atoms with Crippen LogP contribution in [-0.2, 0) is 0 Å². The standard InChI is InChI=1S/C15H13N3OS/c1-9-3-2-4-11(7-9)17-13-6-5-10-8-12(14(16)19)20-15(10)18-13/h2-8H,1H3,(H2,16,19)(H,17,18). The molecule has 5 heteroatoms. The van der Waals surface area contributed by atoms with Gasteiger partial charge in [-0.25, -0.2) is 4.98 Å². The maximum Gasteiger partial charge on any atom is 0.258 e. The van der Waals surface area contributed by atoms with Crippen molar-refractivity contribution in [2.24, 2.45) is 5.73 Å². The molecule has 0 unspecified atom stereocenters. The molecule has 1 amide bonds. The van der Waals surface area contributed by atoms with E-state index >= 15 is 0 Å². The number of benzene rings is 1. The molecule has 0 atom stereocenters. The van der Waals surface area contributed by atoms with Gasteiger partial charge in [0.2, 0.25) is 0 Å². The number of primary amides is 1. The van der Waals surface area contributed by atoms with Crippen LogP contribution in [0.15, 0.2) is 42.5 Å². The molecule has 1 aromatic carbocycles. The van der Waals surface area contributed by atoms with Crippen molar-refractivity contribution in [2.45, 2.75) is 6.92 Å². The number of hydrogen-bond acceptors (Lipinski definition) is 4. The first-order chi connectivity index (χ1) is 9.61. The van der Waals surface area contributed by atoms with Gasteiger partial charge in [0.15, 0.2) is 0 Å². The Morgan fingerprint density at radius 2 is 2.10 bits per heavy atom. The Bertz CT molecular complexity index is 795. The van der Waals surface area contributed by atoms with Crippen molar-refractivity contribution in [3.63, 3.8) is 0 Å². The molecule has 0 saturated heterocycles. The molecule has 20 heavy (non-hydrogen) atoms. The fourth-order valence-corrected chi connectivity index (χ4v) is 2.86. The third-order valence-electron chi connectivity index (χ3n) is 2.92. The van der Waals surface area contributed by atoms with Gasteiger partial charge in [0, 0.05) is 11.1 Å². The smallest absolute Gasteiger partial charge is 0.258 e. The number of nitrogens with two attached hydrogens (primary N) is 1. The van der Waals surface area contributed by atoms with E-state index in [9.17, 15) is 4.79 Å². The van der Waals surface area contributed by atoms with E-state index in [-0.39, 0.29) is 0 Å². The van der Waals surface area contributed by atoms with Crippen molar-refractivity contribution in [3.05, 3.63) is 52.9 Å². The van der Waals surface area contributed by atoms with E-state index < -0.39 is 5.91 Å². The number of aromatic nitrogens is 1. The molecule has 0 aliphatic carbocycles. The maximum absolute atomic E-state index is 11.2. The van der Waals surface area contributed by atoms with Crippen LogP contribution in [0.2, 0.25) is 0 Å². The number of pyridine rings is 1. The van der Waals surface area contributed by atoms with E-state index in [2.05, 4.69) is 16.4 Å². The lowest BCUT2D eigenvalue weighted by molar-refractivity contribution is 0.100. The van der Waals surface area contributed by atoms with Crippen molar-refractivity contribution in [1.82, 2.24) is 4.98 Å². The van der Waals surface area contributed by atoms with Crippen molar-refractivity contribution in [2.75, 3.05) is 5.32 Å². The van der Waals surface area contributed by atoms with Crippen LogP contribution in [0.1, 0.15) is 15.2 Å². The second kappa shape index (κ2) is 4.94. The Balaban J connectivity index is 1.94. The molecule has 2 heterocycles. The van der Waals surface area contributed by atoms with Crippen LogP contribution in [-0.4, -0.2) is 10.9 Å². The Morgan fingerprint density at radius 3 is 2.85 bits per heavy atom. The largest absolute Gasteiger partial charge is 0.365 e. The molecule has 0 bridgehead atoms. The van der Waals surface area contributed by atoms with E-state index in [0.29, 0.717) is 4.88 Å². The number of nitrogens with zero attached hydrogens (tertiary/aromatic N) is 1. The number of rotatable bonds is 3. The highest BCUT2D eigenvalue weighted by molar-refractivity contribution is 7.20. The molecule has 0 saturated carbocycles. The number of carbonyl (C=O) groups is 1. The first kappa shape index (κ1) is 12.6. The summed E-state index contributed by atoms with van der Waals surface area (Å²) in [7, 11) is 0. The Hall–Kier alpha value is -2.40. The van der Waals surface area contributed by atoms with Crippen molar-refractivity contribution in [3.8, 4) is 0 Å². The van der Waals surface area contributed by atoms with E-state index in [1.807, 2.05) is 37.3 Å². The van der Waals surface area contributed by atoms with E-state index in [1.54, 1.807) is 6.07 Å². The van der Waals surface area contributed by atoms with Gasteiger partial charge in [-0.05, 0) is 42.8 Å². The molecule has 0 radical (unpaired) electrons. The molecule has 3 N–H and O–H groups in total. The van der Waals surface area contributed by atoms with Crippen LogP contribution in [0.25, 0.3) is 10.2 Å². The minimum Gasteiger partial charge on any atom is -0.365 e. The molecule has 3 aromatic rings. The second-order valence-electron chi connectivity index (χ2n) is 4.56. The molecule has 0 spiro atoms. The fraction of sp³-hybridized carbons (Fsp3) is 0.0667. The average Bonchev–Trinajstić information content (AvgIpc) is 2.82. The molecular formula is C15H13N3OS. The third kappa shape index (κ3) is 2.48. The molecule has 100 valence electrons. The predicted molar refractivity (Wildman–Crippen MR) is 82.6 cm³/mol. The Kier molecular flexibility index (Phi) is 3.12. The van der Waals surface area contributed by atoms with Gasteiger partial charge in [0.05, 0.1) is 4.88 Å². The molecular weight excluding hydrogens is 270 g/mol. The lowest BCUT2D eigenvalue weighted by Gasteiger charge is -2.06. The van der Waals surface area contributed by atoms with Gasteiger partial charge in [-0.2, -0.15) is 0 Å². The number of fused-ring (bicyclic) bond motifs is 1. The fourth-order valence-electron chi connectivity index (χ4n) is 1.98. The topological polar surface area (TPSA) is 68.0 Å². The Labute approximate surface area is 120 Å². The van der Waals surface area contributed by atoms with Gasteiger partial charge in [-0.3, -0.25) is 4.79 Å². The lowest BCUT2D eigenvalue weighted by atomic mass is 10.2. The monoisotopic (exact) mass is 283 g/mol. The summed E-state index contributed by atoms with van der Waals surface area (Å²) in [6, 6.07) is 13.7. The molecule has 4 nitrogen and oxygen atoms in total. The van der Waals surface area contributed by atoms with Gasteiger partial charge < -0.3 is 11.1 Å². The maximum atomic E-state index is 11.2. The quantitative estimate of drug-likeness (QED) is 0.773. The summed E-state index contributed by atoms with van der Waals surface area (Å²) in [5.41, 5.74) is 7.46. The zero-order valence-electron chi connectivity index (χ0n) is 10.9. The predicted octanol–water partition coefficient (Wildman–Crippen LogP) is 3.45. The molecule has 0 fully saturated rings. The van der Waals surface area contributed by atoms with Crippen molar-refractivity contribution < 1.29 is 4.79 Å². The van der Waals surface area contributed by atoms with Crippen LogP contribution in [0.5, 0.6) is 0 Å². The zero-order chi connectivity index (χ0) is 14.1. The Morgan fingerprint density at radius 1 is 1.25 bits per heavy atom. The molecule has 0 aliphatic rings. The van der Waals surface area contributed by atoms with Crippen LogP contribution < -0.4 is 11.1 Å². The highest BCUT2D eigenvalue weighted by Gasteiger charge is 2.08. The van der Waals surface area contributed by atoms with Gasteiger partial charge in [-0.1, -0.05) is 12.1 Å². The number of aryl methyl sites for hydroxylation is 1. The minimum atomic E-state index is -0.416. The lowest BCUT2D eigenvalue weighted by Crippen LogP contribution is -2.07. The van der Waals surface area contributed by atoms with E-state index in [0.717, 1.165) is 21.7 Å². The number of nitrogens with one attached hydrogen (secondary N) is 1. The highest BCUT2D eigenvalue weighted by Crippen LogP contribution is 2.26. The number of thiophene rings is 1. The van der Waals surface area contributed by atoms with Crippen LogP contribution in [0.4, 0.5) is 11.5 Å². The minimum absolute atomic E-state index is 0.416. The van der Waals surface area contributed by atoms with Crippen LogP contribution in [0.3, 0.4) is 0 Å². The van der Waals surface area contributed by atoms with Gasteiger partial charge in [-0.15, -0.1) is 11.3 Å². The summed E-state index contributed by atoms with van der Waals surface area (Å²) < 4.78 is 0. The van der Waals surface area contributed by atoms with E-state index in [1.165, 1.54) is 16.9 Å². The average molecular weight is 283 g/mol. The number of anilines is 2. The number of amides is 1. The molecule has 0 aliphatic heterocycles. The summed E-state index contributed by atoms with van der Waals surface area (Å²) in [6.45, 7) is 2.04. The SMILES string of the molecule is Cc1cccc(Nc2ccc3cc(C(N)=O)sc3n2)c1. The summed E-state index contributed by atoms with van der Waals surface area (Å²) >= 11 is 1.31. The van der Waals surface area contributed by atoms with Crippen molar-refractivity contribution >= 4 is 39.0 Å². The first-order valence-corrected chi connectivity index (χ1v) is 6.97.